The zero-order chi connectivity index (χ0) is 19.4. The van der Waals surface area contributed by atoms with Gasteiger partial charge in [-0.1, -0.05) is 31.2 Å². The maximum Gasteiger partial charge on any atom is 0.374 e. The van der Waals surface area contributed by atoms with Crippen molar-refractivity contribution >= 4 is 5.97 Å². The highest BCUT2D eigenvalue weighted by Crippen LogP contribution is 2.28. The molecule has 5 nitrogen and oxygen atoms in total. The highest BCUT2D eigenvalue weighted by Gasteiger charge is 2.30. The molecule has 0 fully saturated rings. The summed E-state index contributed by atoms with van der Waals surface area (Å²) in [4.78, 5) is 14.2. The van der Waals surface area contributed by atoms with Gasteiger partial charge in [0.2, 0.25) is 5.76 Å². The molecule has 146 valence electrons. The Morgan fingerprint density at radius 2 is 2.11 bits per heavy atom. The van der Waals surface area contributed by atoms with Crippen molar-refractivity contribution in [1.82, 2.24) is 4.90 Å². The first-order valence-electron chi connectivity index (χ1n) is 9.68. The van der Waals surface area contributed by atoms with Crippen molar-refractivity contribution in [3.63, 3.8) is 0 Å². The molecule has 27 heavy (non-hydrogen) atoms. The van der Waals surface area contributed by atoms with E-state index in [0.717, 1.165) is 37.0 Å². The number of nitrogens with zero attached hydrogens (tertiary/aromatic N) is 1. The van der Waals surface area contributed by atoms with E-state index in [0.29, 0.717) is 12.6 Å². The predicted molar refractivity (Wildman–Crippen MR) is 104 cm³/mol. The summed E-state index contributed by atoms with van der Waals surface area (Å²) in [5.41, 5.74) is 3.59. The van der Waals surface area contributed by atoms with Crippen LogP contribution in [0.15, 0.2) is 34.7 Å². The minimum absolute atomic E-state index is 0.0623. The molecule has 0 bridgehead atoms. The number of aliphatic hydroxyl groups excluding tert-OH is 1. The molecule has 2 atom stereocenters. The van der Waals surface area contributed by atoms with Gasteiger partial charge in [-0.2, -0.15) is 0 Å². The van der Waals surface area contributed by atoms with Crippen molar-refractivity contribution < 1.29 is 19.1 Å². The maximum absolute atomic E-state index is 11.8. The molecule has 3 rings (SSSR count). The topological polar surface area (TPSA) is 62.9 Å². The standard InChI is InChI=1S/C22H29NO4/c1-4-18(14-24)23(13-20-11-15(2)21(27-20)22(25)26-3)19-10-9-16-7-5-6-8-17(16)12-19/h5-8,11,18-19,24H,4,9-10,12-14H2,1-3H3/t18-,19+/m0/s1. The van der Waals surface area contributed by atoms with Crippen molar-refractivity contribution in [2.45, 2.75) is 58.2 Å². The van der Waals surface area contributed by atoms with E-state index < -0.39 is 5.97 Å². The molecule has 0 unspecified atom stereocenters. The molecular weight excluding hydrogens is 342 g/mol. The fraction of sp³-hybridized carbons (Fsp3) is 0.500. The van der Waals surface area contributed by atoms with Crippen LogP contribution in [0.4, 0.5) is 0 Å². The molecule has 2 aromatic rings. The number of benzene rings is 1. The number of fused-ring (bicyclic) bond motifs is 1. The molecule has 1 N–H and O–H groups in total. The molecular formula is C22H29NO4. The van der Waals surface area contributed by atoms with E-state index in [4.69, 9.17) is 9.15 Å². The van der Waals surface area contributed by atoms with Crippen LogP contribution in [-0.2, 0) is 24.1 Å². The first-order chi connectivity index (χ1) is 13.1. The zero-order valence-electron chi connectivity index (χ0n) is 16.4. The number of carbonyl (C=O) groups is 1. The molecule has 0 aliphatic heterocycles. The second kappa shape index (κ2) is 8.72. The predicted octanol–water partition coefficient (Wildman–Crippen LogP) is 3.51. The Bertz CT molecular complexity index is 778. The summed E-state index contributed by atoms with van der Waals surface area (Å²) in [5.74, 6) is 0.545. The third-order valence-electron chi connectivity index (χ3n) is 5.62. The summed E-state index contributed by atoms with van der Waals surface area (Å²) in [6, 6.07) is 10.9. The van der Waals surface area contributed by atoms with Gasteiger partial charge in [-0.3, -0.25) is 4.90 Å². The molecule has 0 saturated carbocycles. The lowest BCUT2D eigenvalue weighted by molar-refractivity contribution is 0.0521. The van der Waals surface area contributed by atoms with Crippen molar-refractivity contribution in [3.05, 3.63) is 58.5 Å². The summed E-state index contributed by atoms with van der Waals surface area (Å²) < 4.78 is 10.6. The smallest absolute Gasteiger partial charge is 0.374 e. The van der Waals surface area contributed by atoms with Crippen molar-refractivity contribution in [1.29, 1.82) is 0 Å². The van der Waals surface area contributed by atoms with Crippen molar-refractivity contribution in [2.75, 3.05) is 13.7 Å². The molecule has 1 aromatic heterocycles. The van der Waals surface area contributed by atoms with E-state index in [1.54, 1.807) is 0 Å². The quantitative estimate of drug-likeness (QED) is 0.755. The number of carbonyl (C=O) groups excluding carboxylic acids is 1. The van der Waals surface area contributed by atoms with E-state index in [9.17, 15) is 9.90 Å². The third-order valence-corrected chi connectivity index (χ3v) is 5.62. The summed E-state index contributed by atoms with van der Waals surface area (Å²) in [6.07, 6.45) is 3.93. The lowest BCUT2D eigenvalue weighted by Crippen LogP contribution is -2.46. The molecule has 1 aliphatic carbocycles. The van der Waals surface area contributed by atoms with Gasteiger partial charge in [-0.05, 0) is 49.8 Å². The average Bonchev–Trinajstić information content (AvgIpc) is 3.07. The Kier molecular flexibility index (Phi) is 6.34. The fourth-order valence-electron chi connectivity index (χ4n) is 4.09. The second-order valence-electron chi connectivity index (χ2n) is 7.30. The highest BCUT2D eigenvalue weighted by molar-refractivity contribution is 5.87. The SMILES string of the molecule is CC[C@@H](CO)N(Cc1cc(C)c(C(=O)OC)o1)[C@@H]1CCc2ccccc2C1. The van der Waals surface area contributed by atoms with Crippen molar-refractivity contribution in [3.8, 4) is 0 Å². The summed E-state index contributed by atoms with van der Waals surface area (Å²) in [5, 5.41) is 9.94. The molecule has 1 aliphatic rings. The van der Waals surface area contributed by atoms with Gasteiger partial charge in [0.15, 0.2) is 0 Å². The Hall–Kier alpha value is -2.11. The van der Waals surface area contributed by atoms with E-state index in [2.05, 4.69) is 36.1 Å². The van der Waals surface area contributed by atoms with Crippen LogP contribution in [0.2, 0.25) is 0 Å². The van der Waals surface area contributed by atoms with Gasteiger partial charge in [-0.15, -0.1) is 0 Å². The van der Waals surface area contributed by atoms with E-state index in [1.807, 2.05) is 13.0 Å². The van der Waals surface area contributed by atoms with Crippen LogP contribution < -0.4 is 0 Å². The summed E-state index contributed by atoms with van der Waals surface area (Å²) in [7, 11) is 1.36. The van der Waals surface area contributed by atoms with Gasteiger partial charge in [0.25, 0.3) is 0 Å². The molecule has 1 aromatic carbocycles. The van der Waals surface area contributed by atoms with Gasteiger partial charge in [0.05, 0.1) is 20.3 Å². The van der Waals surface area contributed by atoms with E-state index in [1.165, 1.54) is 18.2 Å². The van der Waals surface area contributed by atoms with E-state index >= 15 is 0 Å². The molecule has 1 heterocycles. The Morgan fingerprint density at radius 3 is 2.78 bits per heavy atom. The van der Waals surface area contributed by atoms with Crippen LogP contribution in [-0.4, -0.2) is 41.8 Å². The number of hydrogen-bond donors (Lipinski definition) is 1. The average molecular weight is 371 g/mol. The number of aliphatic hydroxyl groups is 1. The first-order valence-corrected chi connectivity index (χ1v) is 9.68. The maximum atomic E-state index is 11.8. The molecule has 0 spiro atoms. The second-order valence-corrected chi connectivity index (χ2v) is 7.30. The number of hydrogen-bond acceptors (Lipinski definition) is 5. The number of rotatable bonds is 7. The Morgan fingerprint density at radius 1 is 1.37 bits per heavy atom. The van der Waals surface area contributed by atoms with Crippen molar-refractivity contribution in [2.24, 2.45) is 0 Å². The van der Waals surface area contributed by atoms with Crippen LogP contribution in [0.1, 0.15) is 52.8 Å². The number of furan rings is 1. The van der Waals surface area contributed by atoms with Gasteiger partial charge in [0.1, 0.15) is 5.76 Å². The number of ether oxygens (including phenoxy) is 1. The lowest BCUT2D eigenvalue weighted by Gasteiger charge is -2.39. The van der Waals surface area contributed by atoms with Crippen LogP contribution in [0, 0.1) is 6.92 Å². The molecule has 5 heteroatoms. The monoisotopic (exact) mass is 371 g/mol. The zero-order valence-corrected chi connectivity index (χ0v) is 16.4. The molecule has 0 saturated heterocycles. The minimum Gasteiger partial charge on any atom is -0.463 e. The largest absolute Gasteiger partial charge is 0.463 e. The van der Waals surface area contributed by atoms with Gasteiger partial charge in [0, 0.05) is 17.6 Å². The van der Waals surface area contributed by atoms with Gasteiger partial charge in [-0.25, -0.2) is 4.79 Å². The van der Waals surface area contributed by atoms with E-state index in [-0.39, 0.29) is 18.4 Å². The summed E-state index contributed by atoms with van der Waals surface area (Å²) >= 11 is 0. The fourth-order valence-corrected chi connectivity index (χ4v) is 4.09. The number of methoxy groups -OCH3 is 1. The highest BCUT2D eigenvalue weighted by atomic mass is 16.5. The molecule has 0 amide bonds. The van der Waals surface area contributed by atoms with Gasteiger partial charge < -0.3 is 14.3 Å². The number of esters is 1. The third kappa shape index (κ3) is 4.25. The van der Waals surface area contributed by atoms with Crippen LogP contribution in [0.25, 0.3) is 0 Å². The number of aryl methyl sites for hydroxylation is 2. The first kappa shape index (κ1) is 19.6. The molecule has 0 radical (unpaired) electrons. The Balaban J connectivity index is 1.84. The normalized spacial score (nSPS) is 17.6. The van der Waals surface area contributed by atoms with Crippen LogP contribution >= 0.6 is 0 Å². The lowest BCUT2D eigenvalue weighted by atomic mass is 9.86. The summed E-state index contributed by atoms with van der Waals surface area (Å²) in [6.45, 7) is 4.63. The van der Waals surface area contributed by atoms with Crippen LogP contribution in [0.5, 0.6) is 0 Å². The van der Waals surface area contributed by atoms with Gasteiger partial charge >= 0.3 is 5.97 Å². The Labute approximate surface area is 160 Å². The minimum atomic E-state index is -0.453. The van der Waals surface area contributed by atoms with Crippen LogP contribution in [0.3, 0.4) is 0 Å².